The van der Waals surface area contributed by atoms with E-state index in [4.69, 9.17) is 5.11 Å². The van der Waals surface area contributed by atoms with Crippen molar-refractivity contribution in [2.75, 3.05) is 5.32 Å². The Morgan fingerprint density at radius 1 is 1.20 bits per heavy atom. The second kappa shape index (κ2) is 10.3. The van der Waals surface area contributed by atoms with E-state index in [-0.39, 0.29) is 17.6 Å². The average Bonchev–Trinajstić information content (AvgIpc) is 3.27. The Hall–Kier alpha value is -4.28. The molecule has 30 heavy (non-hydrogen) atoms. The van der Waals surface area contributed by atoms with Crippen molar-refractivity contribution in [1.82, 2.24) is 25.3 Å². The number of carboxylic acids is 1. The summed E-state index contributed by atoms with van der Waals surface area (Å²) in [6.45, 7) is 2.88. The number of H-pyrrole nitrogens is 1. The quantitative estimate of drug-likeness (QED) is 0.474. The number of carbonyl (C=O) groups is 3. The monoisotopic (exact) mass is 411 g/mol. The molecule has 0 saturated heterocycles. The summed E-state index contributed by atoms with van der Waals surface area (Å²) < 4.78 is 0. The standard InChI is InChI=1S/C16H16N4O5.C3H3N2/c1-8(18-9(2)21)14(22)19-11-5-3-10(4-6-11)13-17-7-12(16(24)25)15(23)20-13;1-2-5-3-4-1/h3-8H,1-2H3,(H,18,21)(H,19,22)(H,24,25)(H,17,20,23);1-3H/q;-1/t8-;/m1./s1. The van der Waals surface area contributed by atoms with E-state index < -0.39 is 23.1 Å². The van der Waals surface area contributed by atoms with Crippen molar-refractivity contribution in [3.05, 3.63) is 65.1 Å². The minimum Gasteiger partial charge on any atom is -0.477 e. The van der Waals surface area contributed by atoms with Crippen LogP contribution in [0.1, 0.15) is 24.2 Å². The second-order valence-electron chi connectivity index (χ2n) is 5.98. The number of hydrogen-bond donors (Lipinski definition) is 4. The van der Waals surface area contributed by atoms with E-state index >= 15 is 0 Å². The molecule has 3 aromatic rings. The molecule has 0 aliphatic heterocycles. The SMILES string of the molecule is CC(=O)N[C@H](C)C(=O)Nc1ccc(-c2ncc(C(=O)O)c(=O)[nH]2)cc1.c1c[n-]cn1. The van der Waals surface area contributed by atoms with Crippen molar-refractivity contribution < 1.29 is 19.5 Å². The number of rotatable bonds is 5. The number of hydrogen-bond acceptors (Lipinski definition) is 6. The molecule has 0 radical (unpaired) electrons. The molecule has 0 unspecified atom stereocenters. The highest BCUT2D eigenvalue weighted by Crippen LogP contribution is 2.17. The van der Waals surface area contributed by atoms with E-state index in [9.17, 15) is 19.2 Å². The first-order valence-corrected chi connectivity index (χ1v) is 8.65. The van der Waals surface area contributed by atoms with E-state index in [1.54, 1.807) is 43.6 Å². The molecule has 0 saturated carbocycles. The molecule has 0 bridgehead atoms. The fourth-order valence-electron chi connectivity index (χ4n) is 2.22. The van der Waals surface area contributed by atoms with Crippen molar-refractivity contribution in [3.63, 3.8) is 0 Å². The maximum atomic E-state index is 11.9. The van der Waals surface area contributed by atoms with Crippen LogP contribution in [0.2, 0.25) is 0 Å². The highest BCUT2D eigenvalue weighted by atomic mass is 16.4. The van der Waals surface area contributed by atoms with Gasteiger partial charge >= 0.3 is 5.97 Å². The van der Waals surface area contributed by atoms with Gasteiger partial charge in [-0.05, 0) is 31.2 Å². The fourth-order valence-corrected chi connectivity index (χ4v) is 2.22. The summed E-state index contributed by atoms with van der Waals surface area (Å²) in [5.41, 5.74) is -0.156. The first-order chi connectivity index (χ1) is 14.3. The zero-order valence-electron chi connectivity index (χ0n) is 16.1. The third-order valence-corrected chi connectivity index (χ3v) is 3.64. The van der Waals surface area contributed by atoms with Crippen molar-refractivity contribution >= 4 is 23.5 Å². The van der Waals surface area contributed by atoms with Gasteiger partial charge in [0.1, 0.15) is 17.4 Å². The third kappa shape index (κ3) is 6.41. The molecule has 0 aliphatic carbocycles. The molecule has 11 heteroatoms. The number of anilines is 1. The lowest BCUT2D eigenvalue weighted by atomic mass is 10.2. The molecule has 2 aromatic heterocycles. The van der Waals surface area contributed by atoms with Crippen LogP contribution in [0.3, 0.4) is 0 Å². The minimum atomic E-state index is -1.35. The normalized spacial score (nSPS) is 10.9. The van der Waals surface area contributed by atoms with Gasteiger partial charge in [0, 0.05) is 24.4 Å². The van der Waals surface area contributed by atoms with Crippen molar-refractivity contribution in [1.29, 1.82) is 0 Å². The number of nitrogens with one attached hydrogen (secondary N) is 3. The van der Waals surface area contributed by atoms with Gasteiger partial charge in [0.15, 0.2) is 0 Å². The third-order valence-electron chi connectivity index (χ3n) is 3.64. The lowest BCUT2D eigenvalue weighted by Gasteiger charge is -2.13. The van der Waals surface area contributed by atoms with E-state index in [0.29, 0.717) is 11.3 Å². The van der Waals surface area contributed by atoms with Gasteiger partial charge in [0.05, 0.1) is 0 Å². The molecule has 0 spiro atoms. The van der Waals surface area contributed by atoms with Gasteiger partial charge in [0.2, 0.25) is 11.8 Å². The Bertz CT molecular complexity index is 1040. The summed E-state index contributed by atoms with van der Waals surface area (Å²) in [5.74, 6) is -1.83. The highest BCUT2D eigenvalue weighted by Gasteiger charge is 2.14. The second-order valence-corrected chi connectivity index (χ2v) is 5.98. The van der Waals surface area contributed by atoms with E-state index in [1.165, 1.54) is 13.3 Å². The molecule has 4 N–H and O–H groups in total. The zero-order valence-corrected chi connectivity index (χ0v) is 16.1. The predicted octanol–water partition coefficient (Wildman–Crippen LogP) is 0.637. The molecule has 0 fully saturated rings. The lowest BCUT2D eigenvalue weighted by molar-refractivity contribution is -0.124. The molecule has 2 amide bonds. The van der Waals surface area contributed by atoms with Crippen molar-refractivity contribution in [2.24, 2.45) is 0 Å². The van der Waals surface area contributed by atoms with Crippen molar-refractivity contribution in [2.45, 2.75) is 19.9 Å². The highest BCUT2D eigenvalue weighted by molar-refractivity contribution is 5.96. The molecule has 0 aliphatic rings. The van der Waals surface area contributed by atoms with E-state index in [2.05, 4.69) is 30.6 Å². The minimum absolute atomic E-state index is 0.208. The fraction of sp³-hybridized carbons (Fsp3) is 0.158. The van der Waals surface area contributed by atoms with Crippen LogP contribution in [0.15, 0.2) is 54.0 Å². The number of benzene rings is 1. The number of aromatic amines is 1. The Morgan fingerprint density at radius 3 is 2.37 bits per heavy atom. The van der Waals surface area contributed by atoms with Crippen LogP contribution in [0, 0.1) is 0 Å². The topological polar surface area (TPSA) is 168 Å². The molecular weight excluding hydrogens is 392 g/mol. The summed E-state index contributed by atoms with van der Waals surface area (Å²) >= 11 is 0. The molecule has 3 rings (SSSR count). The van der Waals surface area contributed by atoms with Crippen LogP contribution in [0.4, 0.5) is 5.69 Å². The number of carboxylic acid groups (broad SMARTS) is 1. The summed E-state index contributed by atoms with van der Waals surface area (Å²) in [5, 5.41) is 13.9. The van der Waals surface area contributed by atoms with Gasteiger partial charge in [0.25, 0.3) is 5.56 Å². The van der Waals surface area contributed by atoms with Gasteiger partial charge in [-0.1, -0.05) is 18.7 Å². The zero-order chi connectivity index (χ0) is 22.1. The predicted molar refractivity (Wildman–Crippen MR) is 107 cm³/mol. The number of aromatic nitrogens is 4. The van der Waals surface area contributed by atoms with E-state index in [1.807, 2.05) is 0 Å². The van der Waals surface area contributed by atoms with Crippen LogP contribution < -0.4 is 21.2 Å². The number of nitrogens with zero attached hydrogens (tertiary/aromatic N) is 3. The smallest absolute Gasteiger partial charge is 0.342 e. The van der Waals surface area contributed by atoms with Gasteiger partial charge in [-0.25, -0.2) is 9.78 Å². The summed E-state index contributed by atoms with van der Waals surface area (Å²) in [6, 6.07) is 5.73. The molecular formula is C19H19N6O5-. The van der Waals surface area contributed by atoms with Crippen LogP contribution in [0.25, 0.3) is 11.4 Å². The molecule has 1 atom stereocenters. The molecule has 1 aromatic carbocycles. The Morgan fingerprint density at radius 2 is 1.90 bits per heavy atom. The van der Waals surface area contributed by atoms with Crippen LogP contribution in [0.5, 0.6) is 0 Å². The van der Waals surface area contributed by atoms with Crippen LogP contribution in [-0.2, 0) is 9.59 Å². The van der Waals surface area contributed by atoms with Crippen LogP contribution in [-0.4, -0.2) is 43.9 Å². The summed E-state index contributed by atoms with van der Waals surface area (Å²) in [4.78, 5) is 58.8. The van der Waals surface area contributed by atoms with Crippen LogP contribution >= 0.6 is 0 Å². The van der Waals surface area contributed by atoms with Gasteiger partial charge in [-0.2, -0.15) is 0 Å². The first-order valence-electron chi connectivity index (χ1n) is 8.65. The van der Waals surface area contributed by atoms with Gasteiger partial charge in [-0.15, -0.1) is 0 Å². The number of imidazole rings is 1. The first kappa shape index (κ1) is 22.0. The Labute approximate surface area is 170 Å². The van der Waals surface area contributed by atoms with Gasteiger partial charge in [-0.3, -0.25) is 14.4 Å². The molecule has 11 nitrogen and oxygen atoms in total. The number of carbonyl (C=O) groups excluding carboxylic acids is 2. The summed E-state index contributed by atoms with van der Waals surface area (Å²) in [6.07, 6.45) is 5.77. The van der Waals surface area contributed by atoms with Crippen molar-refractivity contribution in [3.8, 4) is 11.4 Å². The number of amides is 2. The molecule has 2 heterocycles. The molecule has 156 valence electrons. The largest absolute Gasteiger partial charge is 0.477 e. The maximum absolute atomic E-state index is 11.9. The maximum Gasteiger partial charge on any atom is 0.342 e. The average molecular weight is 411 g/mol. The Balaban J connectivity index is 0.000000558. The van der Waals surface area contributed by atoms with Gasteiger partial charge < -0.3 is 30.7 Å². The lowest BCUT2D eigenvalue weighted by Crippen LogP contribution is -2.40. The number of aromatic carboxylic acids is 1. The van der Waals surface area contributed by atoms with E-state index in [0.717, 1.165) is 6.20 Å². The summed E-state index contributed by atoms with van der Waals surface area (Å²) in [7, 11) is 0. The Kier molecular flexibility index (Phi) is 7.57.